The Balaban J connectivity index is 1.89. The number of thiazole rings is 1. The maximum atomic E-state index is 4.78. The van der Waals surface area contributed by atoms with Gasteiger partial charge in [0.25, 0.3) is 0 Å². The van der Waals surface area contributed by atoms with Crippen molar-refractivity contribution in [3.8, 4) is 11.3 Å². The molecule has 0 bridgehead atoms. The number of hydrogen-bond acceptors (Lipinski definition) is 4. The monoisotopic (exact) mass is 245 g/mol. The van der Waals surface area contributed by atoms with E-state index in [1.54, 1.807) is 11.3 Å². The summed E-state index contributed by atoms with van der Waals surface area (Å²) in [5, 5.41) is 6.70. The molecule has 1 fully saturated rings. The first-order valence-corrected chi connectivity index (χ1v) is 6.73. The van der Waals surface area contributed by atoms with E-state index in [4.69, 9.17) is 4.98 Å². The Kier molecular flexibility index (Phi) is 2.68. The molecule has 1 saturated carbocycles. The van der Waals surface area contributed by atoms with Crippen LogP contribution in [0.5, 0.6) is 0 Å². The normalized spacial score (nSPS) is 17.0. The van der Waals surface area contributed by atoms with Crippen LogP contribution in [0.25, 0.3) is 11.3 Å². The van der Waals surface area contributed by atoms with Crippen molar-refractivity contribution in [3.63, 3.8) is 0 Å². The molecule has 2 aromatic rings. The summed E-state index contributed by atoms with van der Waals surface area (Å²) >= 11 is 1.78. The average Bonchev–Trinajstić information content (AvgIpc) is 2.98. The third-order valence-electron chi connectivity index (χ3n) is 3.30. The first-order chi connectivity index (χ1) is 8.34. The summed E-state index contributed by atoms with van der Waals surface area (Å²) in [4.78, 5) is 8.82. The molecule has 2 heterocycles. The van der Waals surface area contributed by atoms with Crippen molar-refractivity contribution in [1.82, 2.24) is 15.3 Å². The molecule has 0 aliphatic heterocycles. The van der Waals surface area contributed by atoms with E-state index in [1.807, 2.05) is 31.6 Å². The third kappa shape index (κ3) is 1.98. The third-order valence-corrected chi connectivity index (χ3v) is 4.39. The molecule has 17 heavy (non-hydrogen) atoms. The molecule has 0 spiro atoms. The predicted octanol–water partition coefficient (Wildman–Crippen LogP) is 2.46. The van der Waals surface area contributed by atoms with Crippen LogP contribution in [-0.4, -0.2) is 23.6 Å². The van der Waals surface area contributed by atoms with Gasteiger partial charge >= 0.3 is 0 Å². The highest BCUT2D eigenvalue weighted by Gasteiger charge is 2.46. The van der Waals surface area contributed by atoms with Crippen LogP contribution in [0.4, 0.5) is 0 Å². The molecule has 4 heteroatoms. The van der Waals surface area contributed by atoms with Gasteiger partial charge in [0, 0.05) is 35.3 Å². The Hall–Kier alpha value is -1.26. The standard InChI is InChI=1S/C13H15N3S/c1-14-9-13(4-5-13)12-16-11(8-17-12)10-2-6-15-7-3-10/h2-3,6-8,14H,4-5,9H2,1H3. The summed E-state index contributed by atoms with van der Waals surface area (Å²) in [5.41, 5.74) is 2.56. The molecule has 0 aromatic carbocycles. The first-order valence-electron chi connectivity index (χ1n) is 5.85. The van der Waals surface area contributed by atoms with Crippen molar-refractivity contribution in [3.05, 3.63) is 34.9 Å². The van der Waals surface area contributed by atoms with Crippen molar-refractivity contribution in [2.75, 3.05) is 13.6 Å². The predicted molar refractivity (Wildman–Crippen MR) is 70.2 cm³/mol. The minimum absolute atomic E-state index is 0.324. The van der Waals surface area contributed by atoms with Gasteiger partial charge in [-0.1, -0.05) is 0 Å². The van der Waals surface area contributed by atoms with Gasteiger partial charge in [-0.2, -0.15) is 0 Å². The van der Waals surface area contributed by atoms with Gasteiger partial charge in [0.05, 0.1) is 5.69 Å². The van der Waals surface area contributed by atoms with Crippen molar-refractivity contribution >= 4 is 11.3 Å². The van der Waals surface area contributed by atoms with Crippen LogP contribution in [0.1, 0.15) is 17.8 Å². The van der Waals surface area contributed by atoms with Crippen molar-refractivity contribution in [2.45, 2.75) is 18.3 Å². The smallest absolute Gasteiger partial charge is 0.101 e. The van der Waals surface area contributed by atoms with Crippen LogP contribution in [0, 0.1) is 0 Å². The fraction of sp³-hybridized carbons (Fsp3) is 0.385. The van der Waals surface area contributed by atoms with Crippen LogP contribution in [-0.2, 0) is 5.41 Å². The van der Waals surface area contributed by atoms with E-state index in [0.29, 0.717) is 5.41 Å². The Morgan fingerprint density at radius 2 is 2.12 bits per heavy atom. The maximum absolute atomic E-state index is 4.78. The fourth-order valence-corrected chi connectivity index (χ4v) is 3.22. The van der Waals surface area contributed by atoms with Crippen LogP contribution in [0.2, 0.25) is 0 Å². The SMILES string of the molecule is CNCC1(c2nc(-c3ccncc3)cs2)CC1. The van der Waals surface area contributed by atoms with Gasteiger partial charge in [0.1, 0.15) is 5.01 Å². The summed E-state index contributed by atoms with van der Waals surface area (Å²) in [7, 11) is 2.01. The summed E-state index contributed by atoms with van der Waals surface area (Å²) in [6.07, 6.45) is 6.15. The van der Waals surface area contributed by atoms with Gasteiger partial charge in [-0.3, -0.25) is 4.98 Å². The van der Waals surface area contributed by atoms with E-state index in [-0.39, 0.29) is 0 Å². The molecular weight excluding hydrogens is 230 g/mol. The van der Waals surface area contributed by atoms with Gasteiger partial charge in [-0.15, -0.1) is 11.3 Å². The molecule has 1 aliphatic carbocycles. The van der Waals surface area contributed by atoms with Crippen LogP contribution >= 0.6 is 11.3 Å². The lowest BCUT2D eigenvalue weighted by Crippen LogP contribution is -2.23. The van der Waals surface area contributed by atoms with Gasteiger partial charge in [0.2, 0.25) is 0 Å². The van der Waals surface area contributed by atoms with E-state index in [0.717, 1.165) is 17.8 Å². The molecule has 0 unspecified atom stereocenters. The Labute approximate surface area is 105 Å². The average molecular weight is 245 g/mol. The molecule has 88 valence electrons. The largest absolute Gasteiger partial charge is 0.319 e. The van der Waals surface area contributed by atoms with E-state index in [2.05, 4.69) is 15.7 Å². The van der Waals surface area contributed by atoms with Crippen LogP contribution in [0.15, 0.2) is 29.9 Å². The second-order valence-electron chi connectivity index (χ2n) is 4.58. The zero-order chi connectivity index (χ0) is 11.7. The molecule has 0 amide bonds. The molecule has 3 rings (SSSR count). The lowest BCUT2D eigenvalue weighted by atomic mass is 10.1. The molecule has 2 aromatic heterocycles. The quantitative estimate of drug-likeness (QED) is 0.899. The van der Waals surface area contributed by atoms with E-state index >= 15 is 0 Å². The van der Waals surface area contributed by atoms with E-state index < -0.39 is 0 Å². The number of aromatic nitrogens is 2. The summed E-state index contributed by atoms with van der Waals surface area (Å²) in [6, 6.07) is 4.02. The van der Waals surface area contributed by atoms with Crippen molar-refractivity contribution in [1.29, 1.82) is 0 Å². The number of pyridine rings is 1. The molecule has 1 N–H and O–H groups in total. The van der Waals surface area contributed by atoms with E-state index in [1.165, 1.54) is 17.8 Å². The number of nitrogens with one attached hydrogen (secondary N) is 1. The van der Waals surface area contributed by atoms with E-state index in [9.17, 15) is 0 Å². The lowest BCUT2D eigenvalue weighted by molar-refractivity contribution is 0.621. The molecule has 3 nitrogen and oxygen atoms in total. The number of likely N-dealkylation sites (N-methyl/N-ethyl adjacent to an activating group) is 1. The van der Waals surface area contributed by atoms with Gasteiger partial charge < -0.3 is 5.32 Å². The van der Waals surface area contributed by atoms with Gasteiger partial charge in [0.15, 0.2) is 0 Å². The molecule has 1 aliphatic rings. The minimum Gasteiger partial charge on any atom is -0.319 e. The van der Waals surface area contributed by atoms with Gasteiger partial charge in [-0.25, -0.2) is 4.98 Å². The summed E-state index contributed by atoms with van der Waals surface area (Å²) in [5.74, 6) is 0. The molecule has 0 radical (unpaired) electrons. The van der Waals surface area contributed by atoms with Crippen molar-refractivity contribution < 1.29 is 0 Å². The highest BCUT2D eigenvalue weighted by Crippen LogP contribution is 2.49. The second-order valence-corrected chi connectivity index (χ2v) is 5.44. The Morgan fingerprint density at radius 3 is 2.76 bits per heavy atom. The second kappa shape index (κ2) is 4.20. The summed E-state index contributed by atoms with van der Waals surface area (Å²) < 4.78 is 0. The number of hydrogen-bond donors (Lipinski definition) is 1. The molecule has 0 atom stereocenters. The fourth-order valence-electron chi connectivity index (χ4n) is 2.13. The highest BCUT2D eigenvalue weighted by molar-refractivity contribution is 7.10. The number of rotatable bonds is 4. The van der Waals surface area contributed by atoms with Crippen LogP contribution in [0.3, 0.4) is 0 Å². The van der Waals surface area contributed by atoms with Crippen LogP contribution < -0.4 is 5.32 Å². The lowest BCUT2D eigenvalue weighted by Gasteiger charge is -2.10. The zero-order valence-corrected chi connectivity index (χ0v) is 10.6. The zero-order valence-electron chi connectivity index (χ0n) is 9.81. The maximum Gasteiger partial charge on any atom is 0.101 e. The topological polar surface area (TPSA) is 37.8 Å². The highest BCUT2D eigenvalue weighted by atomic mass is 32.1. The van der Waals surface area contributed by atoms with Gasteiger partial charge in [-0.05, 0) is 32.0 Å². The summed E-state index contributed by atoms with van der Waals surface area (Å²) in [6.45, 7) is 1.04. The van der Waals surface area contributed by atoms with Crippen molar-refractivity contribution in [2.24, 2.45) is 0 Å². The first kappa shape index (κ1) is 10.9. The molecular formula is C13H15N3S. The number of nitrogens with zero attached hydrogens (tertiary/aromatic N) is 2. The Morgan fingerprint density at radius 1 is 1.35 bits per heavy atom. The molecule has 0 saturated heterocycles. The Bertz CT molecular complexity index is 502. The minimum atomic E-state index is 0.324.